The number of benzene rings is 1. The number of unbranched alkanes of at least 4 members (excludes halogenated alkanes) is 1. The Morgan fingerprint density at radius 3 is 2.48 bits per heavy atom. The van der Waals surface area contributed by atoms with Crippen LogP contribution in [0, 0.1) is 0 Å². The van der Waals surface area contributed by atoms with Crippen molar-refractivity contribution in [2.24, 2.45) is 0 Å². The monoisotopic (exact) mass is 379 g/mol. The van der Waals surface area contributed by atoms with E-state index in [2.05, 4.69) is 0 Å². The Bertz CT molecular complexity index is 618. The van der Waals surface area contributed by atoms with Crippen LogP contribution >= 0.6 is 11.6 Å². The van der Waals surface area contributed by atoms with Gasteiger partial charge in [0.2, 0.25) is 5.91 Å². The molecule has 0 unspecified atom stereocenters. The Balaban J connectivity index is 2.97. The van der Waals surface area contributed by atoms with Crippen LogP contribution in [0.2, 0.25) is 5.02 Å². The van der Waals surface area contributed by atoms with E-state index in [0.717, 1.165) is 11.0 Å². The van der Waals surface area contributed by atoms with E-state index in [9.17, 15) is 18.0 Å². The van der Waals surface area contributed by atoms with Gasteiger partial charge in [0, 0.05) is 12.6 Å². The molecule has 1 aromatic carbocycles. The Hall–Kier alpha value is -1.89. The standard InChI is InChI=1S/C17H21ClF3NO3/c1-4-5-8-22(11-17(19,20)21)15(23)7-6-12-9-13(18)16(25-3)14(10-12)24-2/h6-7,9-10H,4-5,8,11H2,1-3H3/b7-6+. The van der Waals surface area contributed by atoms with Crippen molar-refractivity contribution >= 4 is 23.6 Å². The van der Waals surface area contributed by atoms with Gasteiger partial charge in [-0.1, -0.05) is 24.9 Å². The molecule has 140 valence electrons. The van der Waals surface area contributed by atoms with Crippen molar-refractivity contribution in [3.63, 3.8) is 0 Å². The lowest BCUT2D eigenvalue weighted by atomic mass is 10.1. The summed E-state index contributed by atoms with van der Waals surface area (Å²) in [6.07, 6.45) is -0.761. The van der Waals surface area contributed by atoms with Gasteiger partial charge in [0.25, 0.3) is 0 Å². The van der Waals surface area contributed by atoms with Gasteiger partial charge in [-0.15, -0.1) is 0 Å². The zero-order chi connectivity index (χ0) is 19.0. The van der Waals surface area contributed by atoms with E-state index in [-0.39, 0.29) is 11.6 Å². The summed E-state index contributed by atoms with van der Waals surface area (Å²) < 4.78 is 48.1. The molecule has 0 aliphatic rings. The van der Waals surface area contributed by atoms with Crippen LogP contribution in [-0.4, -0.2) is 44.3 Å². The molecule has 0 fully saturated rings. The molecule has 0 aliphatic carbocycles. The molecular weight excluding hydrogens is 359 g/mol. The highest BCUT2D eigenvalue weighted by atomic mass is 35.5. The molecule has 0 bridgehead atoms. The largest absolute Gasteiger partial charge is 0.493 e. The van der Waals surface area contributed by atoms with Crippen molar-refractivity contribution in [3.05, 3.63) is 28.8 Å². The van der Waals surface area contributed by atoms with Gasteiger partial charge >= 0.3 is 6.18 Å². The smallest absolute Gasteiger partial charge is 0.406 e. The summed E-state index contributed by atoms with van der Waals surface area (Å²) >= 11 is 6.06. The summed E-state index contributed by atoms with van der Waals surface area (Å²) in [5.74, 6) is -0.00815. The predicted octanol–water partition coefficient (Wildman–Crippen LogP) is 4.56. The van der Waals surface area contributed by atoms with Crippen LogP contribution < -0.4 is 9.47 Å². The molecule has 0 aromatic heterocycles. The summed E-state index contributed by atoms with van der Waals surface area (Å²) in [5.41, 5.74) is 0.512. The fourth-order valence-electron chi connectivity index (χ4n) is 2.14. The fourth-order valence-corrected chi connectivity index (χ4v) is 2.44. The fraction of sp³-hybridized carbons (Fsp3) is 0.471. The number of hydrogen-bond donors (Lipinski definition) is 0. The molecule has 0 saturated heterocycles. The number of alkyl halides is 3. The van der Waals surface area contributed by atoms with Crippen LogP contribution in [0.4, 0.5) is 13.2 Å². The zero-order valence-electron chi connectivity index (χ0n) is 14.3. The van der Waals surface area contributed by atoms with Gasteiger partial charge < -0.3 is 14.4 Å². The highest BCUT2D eigenvalue weighted by Crippen LogP contribution is 2.36. The zero-order valence-corrected chi connectivity index (χ0v) is 15.1. The number of nitrogens with zero attached hydrogens (tertiary/aromatic N) is 1. The lowest BCUT2D eigenvalue weighted by Gasteiger charge is -2.22. The number of methoxy groups -OCH3 is 2. The van der Waals surface area contributed by atoms with Crippen molar-refractivity contribution in [1.29, 1.82) is 0 Å². The van der Waals surface area contributed by atoms with Gasteiger partial charge in [-0.25, -0.2) is 0 Å². The highest BCUT2D eigenvalue weighted by molar-refractivity contribution is 6.32. The minimum absolute atomic E-state index is 0.0475. The van der Waals surface area contributed by atoms with E-state index in [1.165, 1.54) is 26.4 Å². The van der Waals surface area contributed by atoms with Crippen molar-refractivity contribution in [1.82, 2.24) is 4.90 Å². The van der Waals surface area contributed by atoms with Crippen molar-refractivity contribution in [2.75, 3.05) is 27.3 Å². The molecule has 0 spiro atoms. The number of amides is 1. The number of hydrogen-bond acceptors (Lipinski definition) is 3. The number of carbonyl (C=O) groups is 1. The lowest BCUT2D eigenvalue weighted by molar-refractivity contribution is -0.158. The second kappa shape index (κ2) is 9.56. The van der Waals surface area contributed by atoms with Crippen LogP contribution in [0.15, 0.2) is 18.2 Å². The van der Waals surface area contributed by atoms with Gasteiger partial charge in [0.05, 0.1) is 19.2 Å². The van der Waals surface area contributed by atoms with Crippen LogP contribution in [-0.2, 0) is 4.79 Å². The molecule has 1 amide bonds. The van der Waals surface area contributed by atoms with Gasteiger partial charge in [-0.2, -0.15) is 13.2 Å². The minimum atomic E-state index is -4.44. The molecule has 0 N–H and O–H groups in total. The molecule has 1 aromatic rings. The number of carbonyl (C=O) groups excluding carboxylic acids is 1. The lowest BCUT2D eigenvalue weighted by Crippen LogP contribution is -2.38. The average molecular weight is 380 g/mol. The number of halogens is 4. The Labute approximate surface area is 150 Å². The maximum atomic E-state index is 12.6. The molecule has 4 nitrogen and oxygen atoms in total. The normalized spacial score (nSPS) is 11.6. The van der Waals surface area contributed by atoms with Crippen molar-refractivity contribution < 1.29 is 27.4 Å². The first kappa shape index (κ1) is 21.2. The van der Waals surface area contributed by atoms with E-state index in [4.69, 9.17) is 21.1 Å². The molecule has 0 saturated carbocycles. The summed E-state index contributed by atoms with van der Waals surface area (Å²) in [5, 5.41) is 0.270. The molecule has 25 heavy (non-hydrogen) atoms. The molecule has 0 radical (unpaired) electrons. The molecule has 0 heterocycles. The van der Waals surface area contributed by atoms with Gasteiger partial charge in [-0.3, -0.25) is 4.79 Å². The van der Waals surface area contributed by atoms with E-state index in [1.807, 2.05) is 6.92 Å². The third-order valence-electron chi connectivity index (χ3n) is 3.34. The van der Waals surface area contributed by atoms with E-state index in [0.29, 0.717) is 29.9 Å². The Kier molecular flexibility index (Phi) is 8.09. The third kappa shape index (κ3) is 6.86. The SMILES string of the molecule is CCCCN(CC(F)(F)F)C(=O)/C=C/c1cc(Cl)c(OC)c(OC)c1. The van der Waals surface area contributed by atoms with E-state index >= 15 is 0 Å². The van der Waals surface area contributed by atoms with Gasteiger partial charge in [0.1, 0.15) is 6.54 Å². The second-order valence-corrected chi connectivity index (χ2v) is 5.71. The Morgan fingerprint density at radius 2 is 1.96 bits per heavy atom. The molecule has 0 atom stereocenters. The second-order valence-electron chi connectivity index (χ2n) is 5.30. The first-order chi connectivity index (χ1) is 11.7. The van der Waals surface area contributed by atoms with Crippen LogP contribution in [0.5, 0.6) is 11.5 Å². The first-order valence-corrected chi connectivity index (χ1v) is 8.04. The third-order valence-corrected chi connectivity index (χ3v) is 3.62. The topological polar surface area (TPSA) is 38.8 Å². The van der Waals surface area contributed by atoms with Crippen LogP contribution in [0.1, 0.15) is 25.3 Å². The van der Waals surface area contributed by atoms with E-state index < -0.39 is 18.6 Å². The molecule has 1 rings (SSSR count). The maximum Gasteiger partial charge on any atom is 0.406 e. The molecule has 8 heteroatoms. The predicted molar refractivity (Wildman–Crippen MR) is 91.1 cm³/mol. The molecule has 0 aliphatic heterocycles. The summed E-state index contributed by atoms with van der Waals surface area (Å²) in [6, 6.07) is 3.11. The van der Waals surface area contributed by atoms with Crippen molar-refractivity contribution in [2.45, 2.75) is 25.9 Å². The number of ether oxygens (including phenoxy) is 2. The van der Waals surface area contributed by atoms with Gasteiger partial charge in [0.15, 0.2) is 11.5 Å². The van der Waals surface area contributed by atoms with Gasteiger partial charge in [-0.05, 0) is 30.2 Å². The highest BCUT2D eigenvalue weighted by Gasteiger charge is 2.32. The summed E-state index contributed by atoms with van der Waals surface area (Å²) in [6.45, 7) is 0.618. The Morgan fingerprint density at radius 1 is 1.28 bits per heavy atom. The minimum Gasteiger partial charge on any atom is -0.493 e. The van der Waals surface area contributed by atoms with Crippen LogP contribution in [0.25, 0.3) is 6.08 Å². The molecular formula is C17H21ClF3NO3. The van der Waals surface area contributed by atoms with Crippen LogP contribution in [0.3, 0.4) is 0 Å². The summed E-state index contributed by atoms with van der Waals surface area (Å²) in [7, 11) is 2.87. The maximum absolute atomic E-state index is 12.6. The first-order valence-electron chi connectivity index (χ1n) is 7.67. The van der Waals surface area contributed by atoms with Crippen molar-refractivity contribution in [3.8, 4) is 11.5 Å². The van der Waals surface area contributed by atoms with E-state index in [1.54, 1.807) is 6.07 Å². The number of rotatable bonds is 8. The quantitative estimate of drug-likeness (QED) is 0.621. The average Bonchev–Trinajstić information content (AvgIpc) is 2.54. The summed E-state index contributed by atoms with van der Waals surface area (Å²) in [4.78, 5) is 12.9.